The second-order valence-corrected chi connectivity index (χ2v) is 9.54. The van der Waals surface area contributed by atoms with Crippen molar-refractivity contribution in [2.75, 3.05) is 27.2 Å². The van der Waals surface area contributed by atoms with Crippen LogP contribution >= 0.6 is 0 Å². The van der Waals surface area contributed by atoms with Crippen molar-refractivity contribution in [3.05, 3.63) is 59.6 Å². The minimum Gasteiger partial charge on any atom is -0.424 e. The third-order valence-corrected chi connectivity index (χ3v) is 6.34. The molecule has 0 unspecified atom stereocenters. The van der Waals surface area contributed by atoms with Crippen LogP contribution in [0.4, 0.5) is 13.2 Å². The number of alkyl halides is 3. The quantitative estimate of drug-likeness (QED) is 0.406. The molecule has 10 nitrogen and oxygen atoms in total. The van der Waals surface area contributed by atoms with E-state index < -0.39 is 23.3 Å². The van der Waals surface area contributed by atoms with E-state index in [2.05, 4.69) is 25.9 Å². The number of hydrogen-bond acceptors (Lipinski definition) is 7. The summed E-state index contributed by atoms with van der Waals surface area (Å²) in [7, 11) is 3.83. The molecule has 0 bridgehead atoms. The molecule has 1 aromatic carbocycles. The molecule has 2 amide bonds. The number of halogens is 3. The van der Waals surface area contributed by atoms with Crippen LogP contribution in [0.15, 0.2) is 40.9 Å². The lowest BCUT2D eigenvalue weighted by Crippen LogP contribution is -2.38. The van der Waals surface area contributed by atoms with Gasteiger partial charge in [-0.3, -0.25) is 9.59 Å². The van der Waals surface area contributed by atoms with Crippen LogP contribution in [0.5, 0.6) is 0 Å². The van der Waals surface area contributed by atoms with E-state index in [-0.39, 0.29) is 30.8 Å². The van der Waals surface area contributed by atoms with Crippen LogP contribution in [-0.2, 0) is 17.5 Å². The molecule has 0 atom stereocenters. The molecule has 1 aliphatic carbocycles. The van der Waals surface area contributed by atoms with Crippen LogP contribution < -0.4 is 10.6 Å². The Hall–Kier alpha value is -3.74. The van der Waals surface area contributed by atoms with E-state index in [0.717, 1.165) is 23.7 Å². The molecule has 38 heavy (non-hydrogen) atoms. The molecular weight excluding hydrogens is 503 g/mol. The van der Waals surface area contributed by atoms with E-state index in [1.807, 2.05) is 19.0 Å². The number of rotatable bonds is 9. The minimum absolute atomic E-state index is 0.0234. The second-order valence-electron chi connectivity index (χ2n) is 9.54. The van der Waals surface area contributed by atoms with Crippen molar-refractivity contribution in [2.45, 2.75) is 44.3 Å². The molecule has 2 N–H and O–H groups in total. The highest BCUT2D eigenvalue weighted by Gasteiger charge is 2.39. The Labute approximate surface area is 217 Å². The first-order valence-electron chi connectivity index (χ1n) is 12.4. The summed E-state index contributed by atoms with van der Waals surface area (Å²) >= 11 is 0. The molecule has 2 aromatic heterocycles. The van der Waals surface area contributed by atoms with E-state index in [4.69, 9.17) is 4.42 Å². The molecule has 0 radical (unpaired) electrons. The Morgan fingerprint density at radius 3 is 2.39 bits per heavy atom. The predicted molar refractivity (Wildman–Crippen MR) is 130 cm³/mol. The second kappa shape index (κ2) is 11.8. The maximum atomic E-state index is 13.5. The summed E-state index contributed by atoms with van der Waals surface area (Å²) in [5.41, 5.74) is -1.46. The van der Waals surface area contributed by atoms with Crippen LogP contribution in [0.2, 0.25) is 0 Å². The summed E-state index contributed by atoms with van der Waals surface area (Å²) in [6, 6.07) is 8.21. The molecular formula is C25H30F3N7O3. The molecule has 0 saturated heterocycles. The fraction of sp³-hybridized carbons (Fsp3) is 0.480. The minimum atomic E-state index is -4.80. The molecule has 0 aliphatic heterocycles. The number of para-hydroxylation sites is 1. The Morgan fingerprint density at radius 2 is 1.74 bits per heavy atom. The van der Waals surface area contributed by atoms with E-state index in [1.54, 1.807) is 30.3 Å². The summed E-state index contributed by atoms with van der Waals surface area (Å²) in [5, 5.41) is 17.0. The number of carbonyl (C=O) groups excluding carboxylic acids is 2. The van der Waals surface area contributed by atoms with Gasteiger partial charge in [0.25, 0.3) is 5.91 Å². The third kappa shape index (κ3) is 6.77. The van der Waals surface area contributed by atoms with Crippen LogP contribution in [0.3, 0.4) is 0 Å². The van der Waals surface area contributed by atoms with Gasteiger partial charge in [-0.25, -0.2) is 4.68 Å². The van der Waals surface area contributed by atoms with Gasteiger partial charge in [0, 0.05) is 31.1 Å². The van der Waals surface area contributed by atoms with Crippen LogP contribution in [-0.4, -0.2) is 63.9 Å². The molecule has 1 fully saturated rings. The average Bonchev–Trinajstić information content (AvgIpc) is 3.54. The number of amides is 2. The van der Waals surface area contributed by atoms with Gasteiger partial charge in [0.2, 0.25) is 17.7 Å². The Bertz CT molecular complexity index is 1230. The van der Waals surface area contributed by atoms with Crippen molar-refractivity contribution >= 4 is 11.8 Å². The SMILES string of the molecule is CN(C)Cc1nnc([C@H]2CC[C@H](C(=O)NCCNC(=O)c3cn(-c4ccccc4)nc3C(F)(F)F)CC2)o1. The molecule has 13 heteroatoms. The number of nitrogens with one attached hydrogen (secondary N) is 2. The zero-order valence-corrected chi connectivity index (χ0v) is 21.2. The number of nitrogens with zero attached hydrogens (tertiary/aromatic N) is 5. The van der Waals surface area contributed by atoms with E-state index in [0.29, 0.717) is 36.9 Å². The van der Waals surface area contributed by atoms with Crippen LogP contribution in [0, 0.1) is 5.92 Å². The highest BCUT2D eigenvalue weighted by atomic mass is 19.4. The molecule has 2 heterocycles. The normalized spacial score (nSPS) is 17.9. The van der Waals surface area contributed by atoms with Gasteiger partial charge in [-0.05, 0) is 51.9 Å². The summed E-state index contributed by atoms with van der Waals surface area (Å²) in [6.07, 6.45) is -0.954. The van der Waals surface area contributed by atoms with Crippen molar-refractivity contribution in [1.29, 1.82) is 0 Å². The van der Waals surface area contributed by atoms with Crippen LogP contribution in [0.1, 0.15) is 59.4 Å². The lowest BCUT2D eigenvalue weighted by Gasteiger charge is -2.25. The summed E-state index contributed by atoms with van der Waals surface area (Å²) in [6.45, 7) is 0.634. The van der Waals surface area contributed by atoms with Gasteiger partial charge >= 0.3 is 6.18 Å². The number of benzene rings is 1. The average molecular weight is 534 g/mol. The summed E-state index contributed by atoms with van der Waals surface area (Å²) in [5.74, 6) is 0.0132. The predicted octanol–water partition coefficient (Wildman–Crippen LogP) is 3.16. The van der Waals surface area contributed by atoms with Gasteiger partial charge in [0.05, 0.1) is 17.8 Å². The van der Waals surface area contributed by atoms with E-state index in [9.17, 15) is 22.8 Å². The number of aromatic nitrogens is 4. The lowest BCUT2D eigenvalue weighted by atomic mass is 9.81. The maximum Gasteiger partial charge on any atom is 0.435 e. The molecule has 204 valence electrons. The van der Waals surface area contributed by atoms with Crippen molar-refractivity contribution in [1.82, 2.24) is 35.5 Å². The monoisotopic (exact) mass is 533 g/mol. The van der Waals surface area contributed by atoms with Gasteiger partial charge in [-0.2, -0.15) is 18.3 Å². The molecule has 1 aliphatic rings. The number of hydrogen-bond donors (Lipinski definition) is 2. The Kier molecular flexibility index (Phi) is 8.45. The van der Waals surface area contributed by atoms with E-state index in [1.165, 1.54) is 0 Å². The van der Waals surface area contributed by atoms with Gasteiger partial charge in [0.15, 0.2) is 5.69 Å². The van der Waals surface area contributed by atoms with Crippen molar-refractivity contribution < 1.29 is 27.2 Å². The third-order valence-electron chi connectivity index (χ3n) is 6.34. The summed E-state index contributed by atoms with van der Waals surface area (Å²) in [4.78, 5) is 27.1. The fourth-order valence-corrected chi connectivity index (χ4v) is 4.43. The standard InChI is InChI=1S/C25H30F3N7O3/c1-34(2)15-20-31-32-24(38-20)17-10-8-16(9-11-17)22(36)29-12-13-30-23(37)19-14-35(18-6-4-3-5-7-18)33-21(19)25(26,27)28/h3-7,14,16-17H,8-13,15H2,1-2H3,(H,29,36)(H,30,37)/t16-,17-. The Balaban J connectivity index is 1.24. The van der Waals surface area contributed by atoms with Crippen molar-refractivity contribution in [3.8, 4) is 5.69 Å². The van der Waals surface area contributed by atoms with Crippen molar-refractivity contribution in [3.63, 3.8) is 0 Å². The van der Waals surface area contributed by atoms with Crippen molar-refractivity contribution in [2.24, 2.45) is 5.92 Å². The van der Waals surface area contributed by atoms with E-state index >= 15 is 0 Å². The van der Waals surface area contributed by atoms with Crippen LogP contribution in [0.25, 0.3) is 5.69 Å². The fourth-order valence-electron chi connectivity index (χ4n) is 4.43. The zero-order valence-electron chi connectivity index (χ0n) is 21.2. The summed E-state index contributed by atoms with van der Waals surface area (Å²) < 4.78 is 47.3. The zero-order chi connectivity index (χ0) is 27.3. The van der Waals surface area contributed by atoms with Gasteiger partial charge < -0.3 is 20.0 Å². The molecule has 1 saturated carbocycles. The largest absolute Gasteiger partial charge is 0.435 e. The Morgan fingerprint density at radius 1 is 1.05 bits per heavy atom. The highest BCUT2D eigenvalue weighted by molar-refractivity contribution is 5.95. The first-order valence-corrected chi connectivity index (χ1v) is 12.4. The molecule has 3 aromatic rings. The number of carbonyl (C=O) groups is 2. The smallest absolute Gasteiger partial charge is 0.424 e. The molecule has 0 spiro atoms. The maximum absolute atomic E-state index is 13.5. The first kappa shape index (κ1) is 27.3. The van der Waals surface area contributed by atoms with Gasteiger partial charge in [-0.15, -0.1) is 10.2 Å². The lowest BCUT2D eigenvalue weighted by molar-refractivity contribution is -0.141. The first-order chi connectivity index (χ1) is 18.1. The molecule has 4 rings (SSSR count). The van der Waals surface area contributed by atoms with Gasteiger partial charge in [0.1, 0.15) is 0 Å². The highest BCUT2D eigenvalue weighted by Crippen LogP contribution is 2.35. The van der Waals surface area contributed by atoms with Gasteiger partial charge in [-0.1, -0.05) is 18.2 Å². The topological polar surface area (TPSA) is 118 Å².